The summed E-state index contributed by atoms with van der Waals surface area (Å²) in [7, 11) is -3.52. The number of hydrogen-bond acceptors (Lipinski definition) is 4. The molecule has 1 atom stereocenters. The fraction of sp³-hybridized carbons (Fsp3) is 0.471. The van der Waals surface area contributed by atoms with Gasteiger partial charge in [-0.2, -0.15) is 4.31 Å². The fourth-order valence-electron chi connectivity index (χ4n) is 3.31. The van der Waals surface area contributed by atoms with Crippen LogP contribution in [0.1, 0.15) is 24.8 Å². The molecule has 1 aliphatic rings. The summed E-state index contributed by atoms with van der Waals surface area (Å²) in [6, 6.07) is 7.32. The Morgan fingerprint density at radius 3 is 2.92 bits per heavy atom. The highest BCUT2D eigenvalue weighted by molar-refractivity contribution is 7.89. The van der Waals surface area contributed by atoms with Gasteiger partial charge in [0.1, 0.15) is 4.90 Å². The lowest BCUT2D eigenvalue weighted by Crippen LogP contribution is -2.40. The highest BCUT2D eigenvalue weighted by Gasteiger charge is 2.31. The predicted octanol–water partition coefficient (Wildman–Crippen LogP) is 2.71. The summed E-state index contributed by atoms with van der Waals surface area (Å²) in [4.78, 5) is 4.68. The van der Waals surface area contributed by atoms with E-state index in [1.54, 1.807) is 22.6 Å². The first kappa shape index (κ1) is 19.1. The van der Waals surface area contributed by atoms with Crippen LogP contribution in [0.15, 0.2) is 35.4 Å². The van der Waals surface area contributed by atoms with Crippen LogP contribution in [0.2, 0.25) is 0 Å². The fourth-order valence-corrected chi connectivity index (χ4v) is 5.03. The topological polar surface area (TPSA) is 76.3 Å². The van der Waals surface area contributed by atoms with E-state index >= 15 is 0 Å². The van der Waals surface area contributed by atoms with Gasteiger partial charge in [-0.05, 0) is 56.3 Å². The van der Waals surface area contributed by atoms with Gasteiger partial charge in [0.2, 0.25) is 10.0 Å². The normalized spacial score (nSPS) is 19.2. The van der Waals surface area contributed by atoms with Gasteiger partial charge in [-0.25, -0.2) is 8.42 Å². The predicted molar refractivity (Wildman–Crippen MR) is 98.9 cm³/mol. The van der Waals surface area contributed by atoms with Gasteiger partial charge in [0.25, 0.3) is 0 Å². The van der Waals surface area contributed by atoms with Crippen molar-refractivity contribution in [3.63, 3.8) is 0 Å². The minimum atomic E-state index is -3.52. The van der Waals surface area contributed by atoms with E-state index in [9.17, 15) is 8.42 Å². The van der Waals surface area contributed by atoms with E-state index in [0.717, 1.165) is 30.2 Å². The lowest BCUT2D eigenvalue weighted by Gasteiger charge is -2.32. The first-order valence-electron chi connectivity index (χ1n) is 8.08. The van der Waals surface area contributed by atoms with E-state index in [0.29, 0.717) is 36.0 Å². The van der Waals surface area contributed by atoms with Gasteiger partial charge in [-0.15, -0.1) is 12.4 Å². The molecule has 1 unspecified atom stereocenters. The van der Waals surface area contributed by atoms with Crippen LogP contribution >= 0.6 is 12.4 Å². The van der Waals surface area contributed by atoms with Gasteiger partial charge in [-0.1, -0.05) is 12.1 Å². The van der Waals surface area contributed by atoms with Crippen LogP contribution in [0, 0.1) is 12.8 Å². The number of fused-ring (bicyclic) bond motifs is 1. The molecule has 1 fully saturated rings. The number of halogens is 1. The van der Waals surface area contributed by atoms with Crippen LogP contribution < -0.4 is 5.73 Å². The van der Waals surface area contributed by atoms with Crippen LogP contribution in [0.4, 0.5) is 0 Å². The second-order valence-corrected chi connectivity index (χ2v) is 8.20. The van der Waals surface area contributed by atoms with Gasteiger partial charge in [0.05, 0.1) is 5.52 Å². The molecule has 0 radical (unpaired) electrons. The van der Waals surface area contributed by atoms with Crippen molar-refractivity contribution in [2.75, 3.05) is 19.6 Å². The molecule has 0 spiro atoms. The van der Waals surface area contributed by atoms with E-state index in [2.05, 4.69) is 4.98 Å². The molecule has 24 heavy (non-hydrogen) atoms. The second kappa shape index (κ2) is 7.78. The number of rotatable bonds is 4. The monoisotopic (exact) mass is 369 g/mol. The van der Waals surface area contributed by atoms with Crippen molar-refractivity contribution in [1.82, 2.24) is 9.29 Å². The summed E-state index contributed by atoms with van der Waals surface area (Å²) >= 11 is 0. The average molecular weight is 370 g/mol. The van der Waals surface area contributed by atoms with E-state index in [1.165, 1.54) is 0 Å². The van der Waals surface area contributed by atoms with Gasteiger partial charge >= 0.3 is 0 Å². The number of nitrogens with zero attached hydrogens (tertiary/aromatic N) is 2. The van der Waals surface area contributed by atoms with E-state index in [-0.39, 0.29) is 12.4 Å². The van der Waals surface area contributed by atoms with Crippen molar-refractivity contribution >= 4 is 33.3 Å². The van der Waals surface area contributed by atoms with Crippen molar-refractivity contribution in [2.45, 2.75) is 31.1 Å². The lowest BCUT2D eigenvalue weighted by atomic mass is 9.96. The smallest absolute Gasteiger partial charge is 0.245 e. The highest BCUT2D eigenvalue weighted by Crippen LogP contribution is 2.28. The number of hydrogen-bond donors (Lipinski definition) is 1. The zero-order valence-corrected chi connectivity index (χ0v) is 15.4. The zero-order chi connectivity index (χ0) is 16.4. The van der Waals surface area contributed by atoms with Gasteiger partial charge < -0.3 is 5.73 Å². The Balaban J connectivity index is 0.00000208. The Morgan fingerprint density at radius 2 is 2.17 bits per heavy atom. The average Bonchev–Trinajstić information content (AvgIpc) is 2.54. The van der Waals surface area contributed by atoms with Crippen molar-refractivity contribution in [3.05, 3.63) is 36.0 Å². The molecule has 132 valence electrons. The summed E-state index contributed by atoms with van der Waals surface area (Å²) in [6.45, 7) is 3.69. The summed E-state index contributed by atoms with van der Waals surface area (Å²) in [5, 5.41) is 0.863. The number of aryl methyl sites for hydroxylation is 1. The van der Waals surface area contributed by atoms with Crippen LogP contribution in [-0.2, 0) is 10.0 Å². The first-order valence-corrected chi connectivity index (χ1v) is 9.52. The molecule has 0 bridgehead atoms. The van der Waals surface area contributed by atoms with Gasteiger partial charge in [0.15, 0.2) is 0 Å². The standard InChI is InChI=1S/C17H23N3O2S.ClH/c1-13-10-15-5-2-6-16(17(15)19-11-13)23(21,22)20-9-3-4-14(12-20)7-8-18;/h2,5-6,10-11,14H,3-4,7-9,12,18H2,1H3;1H. The molecule has 1 aromatic carbocycles. The van der Waals surface area contributed by atoms with Crippen molar-refractivity contribution < 1.29 is 8.42 Å². The highest BCUT2D eigenvalue weighted by atomic mass is 35.5. The van der Waals surface area contributed by atoms with Crippen molar-refractivity contribution in [2.24, 2.45) is 11.7 Å². The minimum Gasteiger partial charge on any atom is -0.330 e. The number of nitrogens with two attached hydrogens (primary N) is 1. The molecule has 0 amide bonds. The molecule has 5 nitrogen and oxygen atoms in total. The summed E-state index contributed by atoms with van der Waals surface area (Å²) in [5.41, 5.74) is 7.21. The number of aromatic nitrogens is 1. The van der Waals surface area contributed by atoms with Crippen LogP contribution in [0.3, 0.4) is 0 Å². The second-order valence-electron chi connectivity index (χ2n) is 6.29. The van der Waals surface area contributed by atoms with Crippen LogP contribution in [0.25, 0.3) is 10.9 Å². The maximum Gasteiger partial charge on any atom is 0.245 e. The van der Waals surface area contributed by atoms with E-state index in [4.69, 9.17) is 5.73 Å². The largest absolute Gasteiger partial charge is 0.330 e. The maximum absolute atomic E-state index is 13.1. The molecule has 0 saturated carbocycles. The molecule has 1 saturated heterocycles. The first-order chi connectivity index (χ1) is 11.0. The lowest BCUT2D eigenvalue weighted by molar-refractivity contribution is 0.258. The molecular weight excluding hydrogens is 346 g/mol. The van der Waals surface area contributed by atoms with Crippen LogP contribution in [0.5, 0.6) is 0 Å². The van der Waals surface area contributed by atoms with Crippen molar-refractivity contribution in [1.29, 1.82) is 0 Å². The number of piperidine rings is 1. The summed E-state index contributed by atoms with van der Waals surface area (Å²) in [6.07, 6.45) is 4.53. The SMILES string of the molecule is Cc1cnc2c(S(=O)(=O)N3CCCC(CCN)C3)cccc2c1.Cl. The molecule has 2 aromatic rings. The third-order valence-electron chi connectivity index (χ3n) is 4.49. The Hall–Kier alpha value is -1.21. The molecule has 1 aromatic heterocycles. The maximum atomic E-state index is 13.1. The van der Waals surface area contributed by atoms with Gasteiger partial charge in [-0.3, -0.25) is 4.98 Å². The number of para-hydroxylation sites is 1. The molecule has 3 rings (SSSR count). The van der Waals surface area contributed by atoms with Crippen molar-refractivity contribution in [3.8, 4) is 0 Å². The van der Waals surface area contributed by atoms with Crippen LogP contribution in [-0.4, -0.2) is 37.3 Å². The Labute approximate surface area is 149 Å². The van der Waals surface area contributed by atoms with E-state index in [1.807, 2.05) is 19.1 Å². The minimum absolute atomic E-state index is 0. The Morgan fingerprint density at radius 1 is 1.38 bits per heavy atom. The quantitative estimate of drug-likeness (QED) is 0.898. The molecule has 2 N–H and O–H groups in total. The molecule has 1 aliphatic heterocycles. The number of sulfonamides is 1. The Bertz CT molecular complexity index is 809. The Kier molecular flexibility index (Phi) is 6.20. The number of benzene rings is 1. The zero-order valence-electron chi connectivity index (χ0n) is 13.8. The third kappa shape index (κ3) is 3.72. The molecule has 0 aliphatic carbocycles. The molecule has 7 heteroatoms. The summed E-state index contributed by atoms with van der Waals surface area (Å²) < 4.78 is 27.8. The van der Waals surface area contributed by atoms with E-state index < -0.39 is 10.0 Å². The third-order valence-corrected chi connectivity index (χ3v) is 6.38. The number of pyridine rings is 1. The molecule has 2 heterocycles. The molecular formula is C17H24ClN3O2S. The van der Waals surface area contributed by atoms with Gasteiger partial charge in [0, 0.05) is 24.7 Å². The summed E-state index contributed by atoms with van der Waals surface area (Å²) in [5.74, 6) is 0.355.